The Hall–Kier alpha value is -2.16. The number of carboxylic acid groups (broad SMARTS) is 1. The van der Waals surface area contributed by atoms with Crippen LogP contribution >= 0.6 is 0 Å². The molecule has 0 saturated carbocycles. The maximum absolute atomic E-state index is 12.2. The van der Waals surface area contributed by atoms with E-state index in [1.165, 1.54) is 11.0 Å². The molecule has 0 atom stereocenters. The minimum Gasteiger partial charge on any atom is -0.475 e. The zero-order valence-electron chi connectivity index (χ0n) is 13.8. The van der Waals surface area contributed by atoms with Gasteiger partial charge in [-0.05, 0) is 51.3 Å². The number of carboxylic acids is 1. The van der Waals surface area contributed by atoms with E-state index in [1.54, 1.807) is 0 Å². The third kappa shape index (κ3) is 7.08. The molecule has 2 N–H and O–H groups in total. The predicted octanol–water partition coefficient (Wildman–Crippen LogP) is 1.88. The van der Waals surface area contributed by atoms with Gasteiger partial charge in [0.2, 0.25) is 0 Å². The number of allylic oxidation sites excluding steroid dienone is 1. The lowest BCUT2D eigenvalue weighted by atomic mass is 9.95. The van der Waals surface area contributed by atoms with E-state index in [9.17, 15) is 22.8 Å². The maximum Gasteiger partial charge on any atom is 0.490 e. The van der Waals surface area contributed by atoms with Gasteiger partial charge in [-0.1, -0.05) is 12.2 Å². The third-order valence-electron chi connectivity index (χ3n) is 3.74. The first kappa shape index (κ1) is 20.9. The molecule has 25 heavy (non-hydrogen) atoms. The van der Waals surface area contributed by atoms with Crippen LogP contribution in [-0.2, 0) is 14.4 Å². The quantitative estimate of drug-likeness (QED) is 0.733. The van der Waals surface area contributed by atoms with E-state index in [0.717, 1.165) is 32.4 Å². The van der Waals surface area contributed by atoms with E-state index in [2.05, 4.69) is 5.32 Å². The van der Waals surface area contributed by atoms with Crippen molar-refractivity contribution in [3.63, 3.8) is 0 Å². The van der Waals surface area contributed by atoms with Crippen molar-refractivity contribution in [1.29, 1.82) is 0 Å². The number of halogens is 3. The van der Waals surface area contributed by atoms with E-state index >= 15 is 0 Å². The Morgan fingerprint density at radius 2 is 1.88 bits per heavy atom. The topological polar surface area (TPSA) is 86.7 Å². The molecule has 2 aliphatic heterocycles. The van der Waals surface area contributed by atoms with Crippen LogP contribution in [-0.4, -0.2) is 53.6 Å². The summed E-state index contributed by atoms with van der Waals surface area (Å²) in [6.45, 7) is 4.34. The number of alkyl halides is 3. The molecule has 0 aromatic heterocycles. The number of amides is 2. The number of nitrogens with one attached hydrogen (secondary N) is 1. The zero-order chi connectivity index (χ0) is 19.0. The zero-order valence-corrected chi connectivity index (χ0v) is 13.8. The molecule has 1 saturated heterocycles. The molecule has 0 bridgehead atoms. The number of rotatable bonds is 2. The molecule has 0 aliphatic carbocycles. The fourth-order valence-corrected chi connectivity index (χ4v) is 2.44. The summed E-state index contributed by atoms with van der Waals surface area (Å²) in [6.07, 6.45) is 3.15. The van der Waals surface area contributed by atoms with Crippen molar-refractivity contribution in [3.8, 4) is 0 Å². The summed E-state index contributed by atoms with van der Waals surface area (Å²) < 4.78 is 31.7. The van der Waals surface area contributed by atoms with E-state index in [4.69, 9.17) is 9.90 Å². The highest BCUT2D eigenvalue weighted by atomic mass is 19.4. The number of nitrogens with zero attached hydrogens (tertiary/aromatic N) is 1. The van der Waals surface area contributed by atoms with Crippen LogP contribution in [0.5, 0.6) is 0 Å². The first-order chi connectivity index (χ1) is 11.6. The fourth-order valence-electron chi connectivity index (χ4n) is 2.44. The molecule has 2 aliphatic rings. The van der Waals surface area contributed by atoms with Crippen molar-refractivity contribution in [3.05, 3.63) is 23.8 Å². The second-order valence-corrected chi connectivity index (χ2v) is 5.73. The van der Waals surface area contributed by atoms with Gasteiger partial charge in [-0.2, -0.15) is 13.2 Å². The Kier molecular flexibility index (Phi) is 7.82. The minimum atomic E-state index is -5.08. The van der Waals surface area contributed by atoms with E-state index in [1.807, 2.05) is 19.1 Å². The largest absolute Gasteiger partial charge is 0.490 e. The highest BCUT2D eigenvalue weighted by molar-refractivity contribution is 6.07. The van der Waals surface area contributed by atoms with Gasteiger partial charge in [0, 0.05) is 12.1 Å². The summed E-state index contributed by atoms with van der Waals surface area (Å²) in [5, 5.41) is 10.4. The van der Waals surface area contributed by atoms with Crippen LogP contribution in [0.15, 0.2) is 23.8 Å². The minimum absolute atomic E-state index is 0.136. The second kappa shape index (κ2) is 9.36. The van der Waals surface area contributed by atoms with Crippen LogP contribution in [0.25, 0.3) is 0 Å². The van der Waals surface area contributed by atoms with Gasteiger partial charge in [0.1, 0.15) is 0 Å². The summed E-state index contributed by atoms with van der Waals surface area (Å²) in [7, 11) is 0. The summed E-state index contributed by atoms with van der Waals surface area (Å²) in [4.78, 5) is 34.0. The maximum atomic E-state index is 12.2. The summed E-state index contributed by atoms with van der Waals surface area (Å²) in [5.74, 6) is -2.62. The third-order valence-corrected chi connectivity index (χ3v) is 3.74. The van der Waals surface area contributed by atoms with E-state index < -0.39 is 12.1 Å². The van der Waals surface area contributed by atoms with Crippen molar-refractivity contribution in [2.75, 3.05) is 19.6 Å². The molecule has 6 nitrogen and oxygen atoms in total. The molecule has 0 aromatic carbocycles. The highest BCUT2D eigenvalue weighted by Crippen LogP contribution is 2.17. The van der Waals surface area contributed by atoms with Crippen molar-refractivity contribution >= 4 is 17.8 Å². The predicted molar refractivity (Wildman–Crippen MR) is 83.5 cm³/mol. The Morgan fingerprint density at radius 1 is 1.32 bits per heavy atom. The standard InChI is InChI=1S/C14H20N2O2.C2HF3O2/c1-11(10-12-5-7-15-8-6-12)14(18)16-9-3-2-4-13(16)17;3-2(4,5)1(6)7/h2,4,10,12,15H,3,5-9H2,1H3;(H,6,7)/b11-10+;. The average Bonchev–Trinajstić information content (AvgIpc) is 2.55. The van der Waals surface area contributed by atoms with Gasteiger partial charge in [-0.15, -0.1) is 0 Å². The molecule has 2 amide bonds. The van der Waals surface area contributed by atoms with Gasteiger partial charge in [0.05, 0.1) is 0 Å². The summed E-state index contributed by atoms with van der Waals surface area (Å²) in [6, 6.07) is 0. The van der Waals surface area contributed by atoms with Crippen molar-refractivity contribution < 1.29 is 32.7 Å². The molecule has 9 heteroatoms. The van der Waals surface area contributed by atoms with Crippen LogP contribution in [0.3, 0.4) is 0 Å². The number of aliphatic carboxylic acids is 1. The van der Waals surface area contributed by atoms with Crippen molar-refractivity contribution in [2.24, 2.45) is 5.92 Å². The highest BCUT2D eigenvalue weighted by Gasteiger charge is 2.38. The van der Waals surface area contributed by atoms with Gasteiger partial charge in [-0.3, -0.25) is 14.5 Å². The number of piperidine rings is 1. The molecule has 0 radical (unpaired) electrons. The molecule has 0 spiro atoms. The number of hydrogen-bond donors (Lipinski definition) is 2. The molecule has 2 rings (SSSR count). The van der Waals surface area contributed by atoms with Crippen molar-refractivity contribution in [1.82, 2.24) is 10.2 Å². The van der Waals surface area contributed by atoms with Crippen LogP contribution < -0.4 is 5.32 Å². The van der Waals surface area contributed by atoms with Gasteiger partial charge in [-0.25, -0.2) is 4.79 Å². The lowest BCUT2D eigenvalue weighted by Crippen LogP contribution is -2.39. The van der Waals surface area contributed by atoms with Crippen LogP contribution in [0.2, 0.25) is 0 Å². The van der Waals surface area contributed by atoms with Gasteiger partial charge in [0.15, 0.2) is 0 Å². The summed E-state index contributed by atoms with van der Waals surface area (Å²) in [5.41, 5.74) is 0.700. The molecular weight excluding hydrogens is 341 g/mol. The Labute approximate surface area is 143 Å². The lowest BCUT2D eigenvalue weighted by molar-refractivity contribution is -0.192. The van der Waals surface area contributed by atoms with Crippen LogP contribution in [0, 0.1) is 5.92 Å². The number of carbonyl (C=O) groups excluding carboxylic acids is 2. The summed E-state index contributed by atoms with van der Waals surface area (Å²) >= 11 is 0. The molecule has 1 fully saturated rings. The van der Waals surface area contributed by atoms with E-state index in [-0.39, 0.29) is 11.8 Å². The smallest absolute Gasteiger partial charge is 0.475 e. The van der Waals surface area contributed by atoms with Crippen LogP contribution in [0.4, 0.5) is 13.2 Å². The molecule has 0 unspecified atom stereocenters. The van der Waals surface area contributed by atoms with E-state index in [0.29, 0.717) is 18.0 Å². The Bertz CT molecular complexity index is 564. The van der Waals surface area contributed by atoms with Gasteiger partial charge >= 0.3 is 12.1 Å². The van der Waals surface area contributed by atoms with Crippen molar-refractivity contribution in [2.45, 2.75) is 32.4 Å². The molecule has 0 aromatic rings. The average molecular weight is 362 g/mol. The first-order valence-corrected chi connectivity index (χ1v) is 7.84. The number of hydrogen-bond acceptors (Lipinski definition) is 4. The Morgan fingerprint density at radius 3 is 2.36 bits per heavy atom. The SMILES string of the molecule is C/C(=C\C1CCNCC1)C(=O)N1CCC=CC1=O.O=C(O)C(F)(F)F. The number of carbonyl (C=O) groups is 3. The van der Waals surface area contributed by atoms with Gasteiger partial charge < -0.3 is 10.4 Å². The first-order valence-electron chi connectivity index (χ1n) is 7.84. The molecular formula is C16H21F3N2O4. The number of imide groups is 1. The normalized spacial score (nSPS) is 19.3. The van der Waals surface area contributed by atoms with Crippen LogP contribution in [0.1, 0.15) is 26.2 Å². The molecule has 2 heterocycles. The monoisotopic (exact) mass is 362 g/mol. The van der Waals surface area contributed by atoms with Gasteiger partial charge in [0.25, 0.3) is 11.8 Å². The second-order valence-electron chi connectivity index (χ2n) is 5.73. The Balaban J connectivity index is 0.000000381. The fraction of sp³-hybridized carbons (Fsp3) is 0.562. The molecule has 140 valence electrons. The lowest BCUT2D eigenvalue weighted by Gasteiger charge is -2.24.